The minimum absolute atomic E-state index is 0.269. The first-order chi connectivity index (χ1) is 11.0. The Morgan fingerprint density at radius 3 is 2.43 bits per heavy atom. The summed E-state index contributed by atoms with van der Waals surface area (Å²) < 4.78 is 10.6. The summed E-state index contributed by atoms with van der Waals surface area (Å²) in [6.45, 7) is 1.87. The molecule has 2 aromatic carbocycles. The van der Waals surface area contributed by atoms with Crippen LogP contribution < -0.4 is 14.8 Å². The van der Waals surface area contributed by atoms with Crippen LogP contribution in [-0.4, -0.2) is 26.4 Å². The third-order valence-corrected chi connectivity index (χ3v) is 4.51. The van der Waals surface area contributed by atoms with E-state index in [1.807, 2.05) is 25.3 Å². The Labute approximate surface area is 145 Å². The van der Waals surface area contributed by atoms with Gasteiger partial charge in [0.2, 0.25) is 0 Å². The standard InChI is InChI=1S/C17H18ClNO3S/c1-10-7-14(16(22-3)9-13(10)18)19-17(20)12-6-5-11(23-4)8-15(12)21-2/h5-9H,1-4H3,(H,19,20). The van der Waals surface area contributed by atoms with E-state index < -0.39 is 0 Å². The molecule has 0 spiro atoms. The fourth-order valence-electron chi connectivity index (χ4n) is 2.11. The van der Waals surface area contributed by atoms with E-state index in [1.54, 1.807) is 37.1 Å². The highest BCUT2D eigenvalue weighted by Gasteiger charge is 2.16. The van der Waals surface area contributed by atoms with Crippen LogP contribution in [0, 0.1) is 6.92 Å². The van der Waals surface area contributed by atoms with Gasteiger partial charge in [0.25, 0.3) is 5.91 Å². The normalized spacial score (nSPS) is 10.3. The van der Waals surface area contributed by atoms with E-state index in [2.05, 4.69) is 5.32 Å². The predicted molar refractivity (Wildman–Crippen MR) is 95.5 cm³/mol. The summed E-state index contributed by atoms with van der Waals surface area (Å²) in [4.78, 5) is 13.6. The lowest BCUT2D eigenvalue weighted by Gasteiger charge is -2.14. The van der Waals surface area contributed by atoms with Gasteiger partial charge < -0.3 is 14.8 Å². The quantitative estimate of drug-likeness (QED) is 0.797. The molecule has 0 unspecified atom stereocenters. The van der Waals surface area contributed by atoms with Gasteiger partial charge in [-0.15, -0.1) is 11.8 Å². The number of anilines is 1. The topological polar surface area (TPSA) is 47.6 Å². The smallest absolute Gasteiger partial charge is 0.259 e. The number of hydrogen-bond acceptors (Lipinski definition) is 4. The fraction of sp³-hybridized carbons (Fsp3) is 0.235. The van der Waals surface area contributed by atoms with Gasteiger partial charge in [0, 0.05) is 16.0 Å². The van der Waals surface area contributed by atoms with Gasteiger partial charge in [-0.25, -0.2) is 0 Å². The van der Waals surface area contributed by atoms with Crippen molar-refractivity contribution in [3.63, 3.8) is 0 Å². The highest BCUT2D eigenvalue weighted by molar-refractivity contribution is 7.98. The number of carbonyl (C=O) groups is 1. The van der Waals surface area contributed by atoms with Gasteiger partial charge in [-0.05, 0) is 43.0 Å². The van der Waals surface area contributed by atoms with E-state index in [0.717, 1.165) is 10.5 Å². The fourth-order valence-corrected chi connectivity index (χ4v) is 2.69. The molecule has 0 atom stereocenters. The number of methoxy groups -OCH3 is 2. The molecule has 4 nitrogen and oxygen atoms in total. The van der Waals surface area contributed by atoms with Gasteiger partial charge >= 0.3 is 0 Å². The van der Waals surface area contributed by atoms with Crippen molar-refractivity contribution in [3.05, 3.63) is 46.5 Å². The van der Waals surface area contributed by atoms with Crippen LogP contribution in [0.4, 0.5) is 5.69 Å². The number of hydrogen-bond donors (Lipinski definition) is 1. The van der Waals surface area contributed by atoms with Crippen LogP contribution in [-0.2, 0) is 0 Å². The lowest BCUT2D eigenvalue weighted by atomic mass is 10.1. The number of ether oxygens (including phenoxy) is 2. The molecule has 0 saturated heterocycles. The van der Waals surface area contributed by atoms with Gasteiger partial charge in [0.15, 0.2) is 0 Å². The van der Waals surface area contributed by atoms with Gasteiger partial charge in [-0.2, -0.15) is 0 Å². The highest BCUT2D eigenvalue weighted by Crippen LogP contribution is 2.32. The predicted octanol–water partition coefficient (Wildman–Crippen LogP) is 4.64. The molecular weight excluding hydrogens is 334 g/mol. The van der Waals surface area contributed by atoms with Gasteiger partial charge in [-0.3, -0.25) is 4.79 Å². The maximum Gasteiger partial charge on any atom is 0.259 e. The second-order valence-electron chi connectivity index (χ2n) is 4.82. The number of aryl methyl sites for hydroxylation is 1. The summed E-state index contributed by atoms with van der Waals surface area (Å²) in [6.07, 6.45) is 1.97. The molecule has 0 aromatic heterocycles. The number of halogens is 1. The molecular formula is C17H18ClNO3S. The molecule has 1 N–H and O–H groups in total. The number of rotatable bonds is 5. The van der Waals surface area contributed by atoms with Crippen molar-refractivity contribution in [2.24, 2.45) is 0 Å². The molecule has 2 rings (SSSR count). The molecule has 0 aliphatic rings. The molecule has 122 valence electrons. The molecule has 0 radical (unpaired) electrons. The summed E-state index contributed by atoms with van der Waals surface area (Å²) in [5.74, 6) is 0.766. The summed E-state index contributed by atoms with van der Waals surface area (Å²) in [6, 6.07) is 8.92. The maximum absolute atomic E-state index is 12.6. The summed E-state index contributed by atoms with van der Waals surface area (Å²) >= 11 is 7.67. The summed E-state index contributed by atoms with van der Waals surface area (Å²) in [7, 11) is 3.08. The van der Waals surface area contributed by atoms with E-state index in [4.69, 9.17) is 21.1 Å². The zero-order valence-electron chi connectivity index (χ0n) is 13.4. The Balaban J connectivity index is 2.34. The number of carbonyl (C=O) groups excluding carboxylic acids is 1. The highest BCUT2D eigenvalue weighted by atomic mass is 35.5. The Morgan fingerprint density at radius 2 is 1.83 bits per heavy atom. The Bertz CT molecular complexity index is 734. The molecule has 0 bridgehead atoms. The SMILES string of the molecule is COc1cc(Cl)c(C)cc1NC(=O)c1ccc(SC)cc1OC. The molecule has 0 aliphatic heterocycles. The number of amides is 1. The second-order valence-corrected chi connectivity index (χ2v) is 6.11. The second kappa shape index (κ2) is 7.62. The van der Waals surface area contributed by atoms with Crippen LogP contribution in [0.15, 0.2) is 35.2 Å². The lowest BCUT2D eigenvalue weighted by molar-refractivity contribution is 0.102. The minimum atomic E-state index is -0.269. The van der Waals surface area contributed by atoms with Crippen LogP contribution in [0.3, 0.4) is 0 Å². The van der Waals surface area contributed by atoms with Gasteiger partial charge in [0.1, 0.15) is 11.5 Å². The van der Waals surface area contributed by atoms with Gasteiger partial charge in [0.05, 0.1) is 25.5 Å². The van der Waals surface area contributed by atoms with E-state index in [1.165, 1.54) is 7.11 Å². The first-order valence-electron chi connectivity index (χ1n) is 6.87. The average molecular weight is 352 g/mol. The third kappa shape index (κ3) is 3.92. The average Bonchev–Trinajstić information content (AvgIpc) is 2.57. The Kier molecular flexibility index (Phi) is 5.80. The Morgan fingerprint density at radius 1 is 1.13 bits per heavy atom. The van der Waals surface area contributed by atoms with Crippen molar-refractivity contribution in [2.45, 2.75) is 11.8 Å². The van der Waals surface area contributed by atoms with E-state index in [0.29, 0.717) is 27.8 Å². The minimum Gasteiger partial charge on any atom is -0.496 e. The van der Waals surface area contributed by atoms with E-state index in [9.17, 15) is 4.79 Å². The van der Waals surface area contributed by atoms with E-state index in [-0.39, 0.29) is 5.91 Å². The first-order valence-corrected chi connectivity index (χ1v) is 8.48. The van der Waals surface area contributed by atoms with Crippen LogP contribution in [0.25, 0.3) is 0 Å². The van der Waals surface area contributed by atoms with Gasteiger partial charge in [-0.1, -0.05) is 11.6 Å². The number of thioether (sulfide) groups is 1. The maximum atomic E-state index is 12.6. The van der Waals surface area contributed by atoms with Crippen LogP contribution >= 0.6 is 23.4 Å². The monoisotopic (exact) mass is 351 g/mol. The molecule has 0 aliphatic carbocycles. The number of benzene rings is 2. The van der Waals surface area contributed by atoms with Crippen molar-refractivity contribution >= 4 is 35.0 Å². The molecule has 1 amide bonds. The van der Waals surface area contributed by atoms with Crippen molar-refractivity contribution in [1.29, 1.82) is 0 Å². The zero-order chi connectivity index (χ0) is 17.0. The third-order valence-electron chi connectivity index (χ3n) is 3.38. The van der Waals surface area contributed by atoms with Crippen LogP contribution in [0.2, 0.25) is 5.02 Å². The molecule has 0 fully saturated rings. The van der Waals surface area contributed by atoms with Crippen molar-refractivity contribution in [2.75, 3.05) is 25.8 Å². The van der Waals surface area contributed by atoms with Crippen molar-refractivity contribution in [3.8, 4) is 11.5 Å². The molecule has 23 heavy (non-hydrogen) atoms. The Hall–Kier alpha value is -1.85. The van der Waals surface area contributed by atoms with Crippen molar-refractivity contribution < 1.29 is 14.3 Å². The summed E-state index contributed by atoms with van der Waals surface area (Å²) in [5.41, 5.74) is 1.88. The first kappa shape index (κ1) is 17.5. The largest absolute Gasteiger partial charge is 0.496 e. The van der Waals surface area contributed by atoms with Crippen LogP contribution in [0.5, 0.6) is 11.5 Å². The van der Waals surface area contributed by atoms with Crippen molar-refractivity contribution in [1.82, 2.24) is 0 Å². The lowest BCUT2D eigenvalue weighted by Crippen LogP contribution is -2.14. The molecule has 0 saturated carbocycles. The molecule has 6 heteroatoms. The van der Waals surface area contributed by atoms with Crippen LogP contribution in [0.1, 0.15) is 15.9 Å². The molecule has 0 heterocycles. The summed E-state index contributed by atoms with van der Waals surface area (Å²) in [5, 5.41) is 3.43. The molecule has 2 aromatic rings. The van der Waals surface area contributed by atoms with E-state index >= 15 is 0 Å². The number of nitrogens with one attached hydrogen (secondary N) is 1. The zero-order valence-corrected chi connectivity index (χ0v) is 15.0.